The van der Waals surface area contributed by atoms with Gasteiger partial charge in [0.15, 0.2) is 0 Å². The first-order chi connectivity index (χ1) is 3.79. The standard InChI is InChI=1S/C6H5ClO/c7-5-1-3-6(8)4-2-5/h1-4,8H/p+1. The van der Waals surface area contributed by atoms with Crippen molar-refractivity contribution in [3.05, 3.63) is 29.3 Å². The van der Waals surface area contributed by atoms with Crippen molar-refractivity contribution in [3.8, 4) is 5.75 Å². The zero-order chi connectivity index (χ0) is 5.98. The Morgan fingerprint density at radius 2 is 1.62 bits per heavy atom. The van der Waals surface area contributed by atoms with Crippen molar-refractivity contribution in [1.29, 1.82) is 0 Å². The first-order valence-corrected chi connectivity index (χ1v) is 2.64. The first kappa shape index (κ1) is 5.45. The zero-order valence-corrected chi connectivity index (χ0v) is 4.94. The van der Waals surface area contributed by atoms with Crippen molar-refractivity contribution < 1.29 is 5.11 Å². The van der Waals surface area contributed by atoms with E-state index in [0.29, 0.717) is 10.8 Å². The van der Waals surface area contributed by atoms with E-state index >= 15 is 0 Å². The highest BCUT2D eigenvalue weighted by Crippen LogP contribution is 2.12. The highest BCUT2D eigenvalue weighted by atomic mass is 35.5. The van der Waals surface area contributed by atoms with E-state index in [2.05, 4.69) is 0 Å². The molecule has 42 valence electrons. The lowest BCUT2D eigenvalue weighted by Gasteiger charge is -1.84. The average molecular weight is 130 g/mol. The van der Waals surface area contributed by atoms with Crippen LogP contribution in [0.4, 0.5) is 0 Å². The normalized spacial score (nSPS) is 9.12. The van der Waals surface area contributed by atoms with Gasteiger partial charge in [0.1, 0.15) is 0 Å². The summed E-state index contributed by atoms with van der Waals surface area (Å²) in [5.74, 6) is 0.495. The topological polar surface area (TPSA) is 22.9 Å². The van der Waals surface area contributed by atoms with Gasteiger partial charge < -0.3 is 5.11 Å². The molecule has 1 nitrogen and oxygen atoms in total. The Morgan fingerprint density at radius 1 is 1.12 bits per heavy atom. The number of halogens is 1. The fourth-order valence-corrected chi connectivity index (χ4v) is 0.576. The highest BCUT2D eigenvalue weighted by molar-refractivity contribution is 6.30. The number of hydrogen-bond acceptors (Lipinski definition) is 0. The summed E-state index contributed by atoms with van der Waals surface area (Å²) in [4.78, 5) is 0. The van der Waals surface area contributed by atoms with E-state index in [4.69, 9.17) is 16.7 Å². The number of hydrogen-bond donors (Lipinski definition) is 0. The monoisotopic (exact) mass is 129 g/mol. The molecule has 0 heterocycles. The van der Waals surface area contributed by atoms with Gasteiger partial charge in [-0.15, -0.1) is 0 Å². The predicted molar refractivity (Wildman–Crippen MR) is 34.5 cm³/mol. The molecule has 0 unspecified atom stereocenters. The summed E-state index contributed by atoms with van der Waals surface area (Å²) in [6, 6.07) is 6.71. The van der Waals surface area contributed by atoms with Crippen LogP contribution in [0, 0.1) is 0 Å². The minimum absolute atomic E-state index is 0.495. The Bertz CT molecular complexity index is 147. The molecule has 0 aliphatic rings. The Hall–Kier alpha value is -0.690. The lowest BCUT2D eigenvalue weighted by molar-refractivity contribution is 0.475. The molecular weight excluding hydrogens is 124 g/mol. The predicted octanol–water partition coefficient (Wildman–Crippen LogP) is 1.78. The molecule has 0 spiro atoms. The Kier molecular flexibility index (Phi) is 1.40. The van der Waals surface area contributed by atoms with Gasteiger partial charge in [-0.2, -0.15) is 0 Å². The SMILES string of the molecule is [OH2+]c1ccc(Cl)cc1. The molecule has 1 aromatic carbocycles. The second-order valence-corrected chi connectivity index (χ2v) is 1.94. The van der Waals surface area contributed by atoms with E-state index < -0.39 is 0 Å². The summed E-state index contributed by atoms with van der Waals surface area (Å²) in [5, 5.41) is 7.71. The van der Waals surface area contributed by atoms with Gasteiger partial charge in [0.25, 0.3) is 5.75 Å². The van der Waals surface area contributed by atoms with Gasteiger partial charge in [0.05, 0.1) is 0 Å². The van der Waals surface area contributed by atoms with Crippen molar-refractivity contribution in [2.75, 3.05) is 0 Å². The molecule has 0 aliphatic carbocycles. The molecule has 0 bridgehead atoms. The van der Waals surface area contributed by atoms with E-state index in [0.717, 1.165) is 0 Å². The minimum Gasteiger partial charge on any atom is -0.593 e. The third kappa shape index (κ3) is 1.14. The maximum absolute atomic E-state index is 7.03. The summed E-state index contributed by atoms with van der Waals surface area (Å²) >= 11 is 5.53. The molecule has 0 aromatic heterocycles. The molecule has 0 radical (unpaired) electrons. The number of benzene rings is 1. The van der Waals surface area contributed by atoms with Crippen LogP contribution in [0.5, 0.6) is 5.75 Å². The van der Waals surface area contributed by atoms with Gasteiger partial charge in [0, 0.05) is 17.2 Å². The van der Waals surface area contributed by atoms with E-state index in [1.54, 1.807) is 24.3 Å². The van der Waals surface area contributed by atoms with Crippen LogP contribution in [0.15, 0.2) is 24.3 Å². The van der Waals surface area contributed by atoms with Gasteiger partial charge in [-0.05, 0) is 12.1 Å². The molecular formula is C6H6ClO+. The molecule has 0 saturated heterocycles. The molecule has 1 rings (SSSR count). The van der Waals surface area contributed by atoms with Crippen molar-refractivity contribution in [1.82, 2.24) is 0 Å². The molecule has 0 fully saturated rings. The van der Waals surface area contributed by atoms with Crippen LogP contribution < -0.4 is 0 Å². The lowest BCUT2D eigenvalue weighted by atomic mass is 10.3. The first-order valence-electron chi connectivity index (χ1n) is 2.26. The van der Waals surface area contributed by atoms with E-state index in [1.807, 2.05) is 0 Å². The average Bonchev–Trinajstić information content (AvgIpc) is 1.77. The summed E-state index contributed by atoms with van der Waals surface area (Å²) in [5.41, 5.74) is 0. The molecule has 2 heteroatoms. The highest BCUT2D eigenvalue weighted by Gasteiger charge is 1.88. The molecule has 2 N–H and O–H groups in total. The van der Waals surface area contributed by atoms with Crippen LogP contribution in [0.1, 0.15) is 0 Å². The van der Waals surface area contributed by atoms with Gasteiger partial charge in [-0.3, -0.25) is 0 Å². The number of rotatable bonds is 0. The molecule has 0 saturated carbocycles. The summed E-state index contributed by atoms with van der Waals surface area (Å²) in [6.07, 6.45) is 0. The van der Waals surface area contributed by atoms with E-state index in [9.17, 15) is 0 Å². The minimum atomic E-state index is 0.495. The fraction of sp³-hybridized carbons (Fsp3) is 0. The lowest BCUT2D eigenvalue weighted by Crippen LogP contribution is -1.61. The van der Waals surface area contributed by atoms with Gasteiger partial charge in [-0.25, -0.2) is 0 Å². The molecule has 8 heavy (non-hydrogen) atoms. The van der Waals surface area contributed by atoms with Gasteiger partial charge in [0.2, 0.25) is 0 Å². The quantitative estimate of drug-likeness (QED) is 0.477. The van der Waals surface area contributed by atoms with E-state index in [-0.39, 0.29) is 0 Å². The molecule has 1 aromatic rings. The van der Waals surface area contributed by atoms with E-state index in [1.165, 1.54) is 0 Å². The second kappa shape index (κ2) is 2.05. The maximum atomic E-state index is 7.03. The van der Waals surface area contributed by atoms with Crippen molar-refractivity contribution >= 4 is 11.6 Å². The van der Waals surface area contributed by atoms with Gasteiger partial charge >= 0.3 is 0 Å². The van der Waals surface area contributed by atoms with Crippen molar-refractivity contribution in [3.63, 3.8) is 0 Å². The van der Waals surface area contributed by atoms with Crippen LogP contribution in [0.25, 0.3) is 0 Å². The van der Waals surface area contributed by atoms with Gasteiger partial charge in [-0.1, -0.05) is 11.6 Å². The van der Waals surface area contributed by atoms with Crippen molar-refractivity contribution in [2.45, 2.75) is 0 Å². The maximum Gasteiger partial charge on any atom is 0.253 e. The summed E-state index contributed by atoms with van der Waals surface area (Å²) < 4.78 is 0. The Balaban J connectivity index is 3.03. The Labute approximate surface area is 52.5 Å². The fourth-order valence-electron chi connectivity index (χ4n) is 0.450. The zero-order valence-electron chi connectivity index (χ0n) is 4.19. The molecule has 0 amide bonds. The van der Waals surface area contributed by atoms with Crippen LogP contribution in [0.2, 0.25) is 5.02 Å². The van der Waals surface area contributed by atoms with Crippen LogP contribution in [-0.2, 0) is 0 Å². The molecule has 0 aliphatic heterocycles. The third-order valence-corrected chi connectivity index (χ3v) is 1.10. The van der Waals surface area contributed by atoms with Crippen LogP contribution >= 0.6 is 11.6 Å². The molecule has 0 atom stereocenters. The third-order valence-electron chi connectivity index (χ3n) is 0.844. The second-order valence-electron chi connectivity index (χ2n) is 1.51. The Morgan fingerprint density at radius 3 is 2.00 bits per heavy atom. The summed E-state index contributed by atoms with van der Waals surface area (Å²) in [6.45, 7) is 0. The van der Waals surface area contributed by atoms with Crippen LogP contribution in [0.3, 0.4) is 0 Å². The largest absolute Gasteiger partial charge is 0.593 e. The van der Waals surface area contributed by atoms with Crippen molar-refractivity contribution in [2.24, 2.45) is 0 Å². The van der Waals surface area contributed by atoms with Crippen LogP contribution in [-0.4, -0.2) is 5.11 Å². The summed E-state index contributed by atoms with van der Waals surface area (Å²) in [7, 11) is 0. The smallest absolute Gasteiger partial charge is 0.253 e.